The predicted octanol–water partition coefficient (Wildman–Crippen LogP) is 1.53. The smallest absolute Gasteiger partial charge is 0.344 e. The van der Waals surface area contributed by atoms with Gasteiger partial charge in [-0.15, -0.1) is 5.10 Å². The highest BCUT2D eigenvalue weighted by Gasteiger charge is 2.20. The fourth-order valence-corrected chi connectivity index (χ4v) is 3.28. The van der Waals surface area contributed by atoms with Gasteiger partial charge in [-0.25, -0.2) is 14.9 Å². The number of hydrogen-bond donors (Lipinski definition) is 2. The molecule has 24 heavy (non-hydrogen) atoms. The van der Waals surface area contributed by atoms with Crippen LogP contribution in [0.4, 0.5) is 5.69 Å². The van der Waals surface area contributed by atoms with E-state index in [0.29, 0.717) is 24.0 Å². The van der Waals surface area contributed by atoms with Crippen molar-refractivity contribution < 1.29 is 9.53 Å². The molecule has 8 nitrogen and oxygen atoms in total. The zero-order chi connectivity index (χ0) is 16.9. The van der Waals surface area contributed by atoms with Gasteiger partial charge in [-0.05, 0) is 25.0 Å². The highest BCUT2D eigenvalue weighted by atomic mass is 35.5. The first-order valence-corrected chi connectivity index (χ1v) is 8.80. The van der Waals surface area contributed by atoms with Crippen LogP contribution in [0.25, 0.3) is 0 Å². The van der Waals surface area contributed by atoms with Crippen LogP contribution in [0.5, 0.6) is 0 Å². The highest BCUT2D eigenvalue weighted by molar-refractivity contribution is 7.99. The number of carbonyl (C=O) groups is 1. The van der Waals surface area contributed by atoms with Gasteiger partial charge >= 0.3 is 5.69 Å². The lowest BCUT2D eigenvalue weighted by atomic mass is 10.2. The molecule has 0 radical (unpaired) electrons. The van der Waals surface area contributed by atoms with Gasteiger partial charge in [0.1, 0.15) is 0 Å². The Morgan fingerprint density at radius 1 is 1.58 bits per heavy atom. The molecule has 1 amide bonds. The monoisotopic (exact) mass is 369 g/mol. The minimum absolute atomic E-state index is 0.0164. The first-order chi connectivity index (χ1) is 11.6. The van der Waals surface area contributed by atoms with Crippen molar-refractivity contribution in [1.29, 1.82) is 0 Å². The first-order valence-electron chi connectivity index (χ1n) is 7.43. The molecule has 2 N–H and O–H groups in total. The molecule has 0 aromatic carbocycles. The van der Waals surface area contributed by atoms with Crippen molar-refractivity contribution >= 4 is 35.0 Å². The van der Waals surface area contributed by atoms with E-state index >= 15 is 0 Å². The molecule has 2 aromatic rings. The molecule has 3 rings (SSSR count). The number of pyridine rings is 1. The molecule has 0 bridgehead atoms. The molecule has 0 spiro atoms. The van der Waals surface area contributed by atoms with Crippen molar-refractivity contribution in [2.75, 3.05) is 17.7 Å². The first kappa shape index (κ1) is 17.0. The Balaban J connectivity index is 1.59. The zero-order valence-electron chi connectivity index (χ0n) is 12.7. The van der Waals surface area contributed by atoms with Gasteiger partial charge in [-0.3, -0.25) is 9.36 Å². The summed E-state index contributed by atoms with van der Waals surface area (Å²) in [7, 11) is 0. The summed E-state index contributed by atoms with van der Waals surface area (Å²) in [4.78, 5) is 27.8. The van der Waals surface area contributed by atoms with Gasteiger partial charge in [0.25, 0.3) is 0 Å². The van der Waals surface area contributed by atoms with Gasteiger partial charge < -0.3 is 10.1 Å². The Bertz CT molecular complexity index is 772. The quantitative estimate of drug-likeness (QED) is 0.591. The summed E-state index contributed by atoms with van der Waals surface area (Å²) in [5.41, 5.74) is 0.146. The molecule has 0 aliphatic carbocycles. The van der Waals surface area contributed by atoms with Crippen molar-refractivity contribution in [3.63, 3.8) is 0 Å². The van der Waals surface area contributed by atoms with Gasteiger partial charge in [0, 0.05) is 12.8 Å². The molecule has 1 saturated heterocycles. The van der Waals surface area contributed by atoms with E-state index in [0.717, 1.165) is 12.8 Å². The van der Waals surface area contributed by atoms with Crippen molar-refractivity contribution in [2.24, 2.45) is 0 Å². The molecule has 128 valence electrons. The molecule has 3 heterocycles. The van der Waals surface area contributed by atoms with Crippen LogP contribution in [0.3, 0.4) is 0 Å². The maximum Gasteiger partial charge on any atom is 0.344 e. The molecule has 1 atom stereocenters. The number of amides is 1. The van der Waals surface area contributed by atoms with Crippen LogP contribution in [0.15, 0.2) is 28.3 Å². The van der Waals surface area contributed by atoms with Crippen LogP contribution in [-0.2, 0) is 16.1 Å². The lowest BCUT2D eigenvalue weighted by molar-refractivity contribution is -0.113. The molecular formula is C14H16ClN5O3S. The molecule has 1 aliphatic rings. The van der Waals surface area contributed by atoms with Crippen LogP contribution in [-0.4, -0.2) is 44.1 Å². The van der Waals surface area contributed by atoms with Gasteiger partial charge in [0.2, 0.25) is 5.91 Å². The molecular weight excluding hydrogens is 354 g/mol. The largest absolute Gasteiger partial charge is 0.376 e. The van der Waals surface area contributed by atoms with E-state index < -0.39 is 0 Å². The Morgan fingerprint density at radius 3 is 3.21 bits per heavy atom. The molecule has 1 fully saturated rings. The molecule has 0 unspecified atom stereocenters. The number of nitrogens with zero attached hydrogens (tertiary/aromatic N) is 3. The zero-order valence-corrected chi connectivity index (χ0v) is 14.3. The maximum atomic E-state index is 12.0. The number of aromatic amines is 1. The van der Waals surface area contributed by atoms with Crippen LogP contribution in [0.1, 0.15) is 12.8 Å². The second-order valence-electron chi connectivity index (χ2n) is 5.24. The summed E-state index contributed by atoms with van der Waals surface area (Å²) in [6.45, 7) is 1.15. The summed E-state index contributed by atoms with van der Waals surface area (Å²) >= 11 is 7.07. The number of carbonyl (C=O) groups excluding carboxylic acids is 1. The third kappa shape index (κ3) is 4.16. The molecule has 2 aromatic heterocycles. The number of thioether (sulfide) groups is 1. The van der Waals surface area contributed by atoms with Gasteiger partial charge in [0.15, 0.2) is 10.3 Å². The van der Waals surface area contributed by atoms with E-state index in [-0.39, 0.29) is 28.6 Å². The minimum atomic E-state index is -0.302. The van der Waals surface area contributed by atoms with E-state index in [1.165, 1.54) is 16.3 Å². The third-order valence-corrected chi connectivity index (χ3v) is 4.78. The molecule has 0 saturated carbocycles. The van der Waals surface area contributed by atoms with Gasteiger partial charge in [0.05, 0.1) is 24.1 Å². The Labute approximate surface area is 146 Å². The Kier molecular flexibility index (Phi) is 5.54. The number of rotatable bonds is 6. The van der Waals surface area contributed by atoms with Crippen LogP contribution < -0.4 is 11.0 Å². The molecule has 1 aliphatic heterocycles. The fraction of sp³-hybridized carbons (Fsp3) is 0.429. The number of nitrogens with one attached hydrogen (secondary N) is 2. The summed E-state index contributed by atoms with van der Waals surface area (Å²) in [5.74, 6) is -0.157. The van der Waals surface area contributed by atoms with Crippen LogP contribution in [0, 0.1) is 0 Å². The number of anilines is 1. The predicted molar refractivity (Wildman–Crippen MR) is 90.4 cm³/mol. The van der Waals surface area contributed by atoms with E-state index in [9.17, 15) is 9.59 Å². The van der Waals surface area contributed by atoms with E-state index in [4.69, 9.17) is 16.3 Å². The third-order valence-electron chi connectivity index (χ3n) is 3.50. The van der Waals surface area contributed by atoms with Crippen molar-refractivity contribution in [3.8, 4) is 0 Å². The lowest BCUT2D eigenvalue weighted by Crippen LogP contribution is -2.25. The molecule has 10 heteroatoms. The van der Waals surface area contributed by atoms with E-state index in [1.54, 1.807) is 18.3 Å². The average Bonchev–Trinajstić information content (AvgIpc) is 3.19. The van der Waals surface area contributed by atoms with E-state index in [2.05, 4.69) is 20.5 Å². The lowest BCUT2D eigenvalue weighted by Gasteiger charge is -2.11. The Hall–Kier alpha value is -1.84. The second kappa shape index (κ2) is 7.82. The summed E-state index contributed by atoms with van der Waals surface area (Å²) in [5, 5.41) is 9.75. The second-order valence-corrected chi connectivity index (χ2v) is 6.54. The van der Waals surface area contributed by atoms with E-state index in [1.807, 2.05) is 0 Å². The standard InChI is InChI=1S/C14H16ClN5O3S/c15-12-10(4-1-5-16-12)17-11(21)8-24-14-19-18-13(22)20(14)7-9-3-2-6-23-9/h1,4-5,9H,2-3,6-8H2,(H,17,21)(H,18,22)/t9-/m0/s1. The van der Waals surface area contributed by atoms with Crippen molar-refractivity contribution in [3.05, 3.63) is 34.0 Å². The SMILES string of the molecule is O=C(CSc1n[nH]c(=O)n1C[C@@H]1CCCO1)Nc1cccnc1Cl. The summed E-state index contributed by atoms with van der Waals surface area (Å²) in [6.07, 6.45) is 3.47. The fourth-order valence-electron chi connectivity index (χ4n) is 2.36. The Morgan fingerprint density at radius 2 is 2.46 bits per heavy atom. The summed E-state index contributed by atoms with van der Waals surface area (Å²) < 4.78 is 7.05. The average molecular weight is 370 g/mol. The highest BCUT2D eigenvalue weighted by Crippen LogP contribution is 2.20. The van der Waals surface area contributed by atoms with Gasteiger partial charge in [-0.2, -0.15) is 0 Å². The number of hydrogen-bond acceptors (Lipinski definition) is 6. The number of aromatic nitrogens is 4. The maximum absolute atomic E-state index is 12.0. The van der Waals surface area contributed by atoms with Crippen LogP contribution >= 0.6 is 23.4 Å². The van der Waals surface area contributed by atoms with Crippen LogP contribution in [0.2, 0.25) is 5.15 Å². The van der Waals surface area contributed by atoms with Crippen molar-refractivity contribution in [2.45, 2.75) is 30.6 Å². The topological polar surface area (TPSA) is 102 Å². The number of H-pyrrole nitrogens is 1. The number of ether oxygens (including phenoxy) is 1. The minimum Gasteiger partial charge on any atom is -0.376 e. The normalized spacial score (nSPS) is 17.1. The number of halogens is 1. The summed E-state index contributed by atoms with van der Waals surface area (Å²) in [6, 6.07) is 3.35. The van der Waals surface area contributed by atoms with Gasteiger partial charge in [-0.1, -0.05) is 23.4 Å². The van der Waals surface area contributed by atoms with Crippen molar-refractivity contribution in [1.82, 2.24) is 19.7 Å².